The summed E-state index contributed by atoms with van der Waals surface area (Å²) in [5.41, 5.74) is 1.09. The molecular weight excluding hydrogens is 419 g/mol. The van der Waals surface area contributed by atoms with Gasteiger partial charge in [-0.05, 0) is 50.6 Å². The zero-order chi connectivity index (χ0) is 20.9. The highest BCUT2D eigenvalue weighted by Gasteiger charge is 2.29. The lowest BCUT2D eigenvalue weighted by Gasteiger charge is -2.26. The number of amides is 1. The van der Waals surface area contributed by atoms with Crippen LogP contribution in [0, 0.1) is 6.92 Å². The van der Waals surface area contributed by atoms with E-state index in [0.29, 0.717) is 5.02 Å². The van der Waals surface area contributed by atoms with Crippen LogP contribution in [0.5, 0.6) is 0 Å². The zero-order valence-electron chi connectivity index (χ0n) is 16.1. The molecule has 0 aromatic heterocycles. The summed E-state index contributed by atoms with van der Waals surface area (Å²) in [5.74, 6) is -0.410. The summed E-state index contributed by atoms with van der Waals surface area (Å²) >= 11 is 12.3. The molecule has 0 aliphatic carbocycles. The number of carbonyl (C=O) groups excluding carboxylic acids is 1. The number of aryl methyl sites for hydroxylation is 1. The maximum Gasteiger partial charge on any atom is 0.264 e. The zero-order valence-corrected chi connectivity index (χ0v) is 18.4. The third kappa shape index (κ3) is 5.63. The average Bonchev–Trinajstić information content (AvgIpc) is 2.62. The average molecular weight is 443 g/mol. The summed E-state index contributed by atoms with van der Waals surface area (Å²) in [4.78, 5) is 12.6. The van der Waals surface area contributed by atoms with Crippen LogP contribution in [0.4, 0.5) is 5.69 Å². The van der Waals surface area contributed by atoms with Crippen molar-refractivity contribution in [2.24, 2.45) is 0 Å². The fourth-order valence-electron chi connectivity index (χ4n) is 2.77. The van der Waals surface area contributed by atoms with Crippen LogP contribution in [0.3, 0.4) is 0 Å². The number of rotatable bonds is 8. The minimum absolute atomic E-state index is 0.0590. The Bertz CT molecular complexity index is 931. The monoisotopic (exact) mass is 442 g/mol. The summed E-state index contributed by atoms with van der Waals surface area (Å²) in [5, 5.41) is 3.34. The Hall–Kier alpha value is -1.76. The second-order valence-electron chi connectivity index (χ2n) is 6.68. The molecular formula is C20H24Cl2N2O3S. The molecule has 0 bridgehead atoms. The van der Waals surface area contributed by atoms with Gasteiger partial charge in [0.2, 0.25) is 5.91 Å². The smallest absolute Gasteiger partial charge is 0.264 e. The van der Waals surface area contributed by atoms with E-state index < -0.39 is 22.5 Å². The van der Waals surface area contributed by atoms with Gasteiger partial charge in [0.25, 0.3) is 10.0 Å². The van der Waals surface area contributed by atoms with Crippen LogP contribution in [0.1, 0.15) is 32.3 Å². The van der Waals surface area contributed by atoms with Crippen molar-refractivity contribution in [3.8, 4) is 0 Å². The maximum atomic E-state index is 13.3. The topological polar surface area (TPSA) is 66.5 Å². The number of hydrogen-bond donors (Lipinski definition) is 1. The van der Waals surface area contributed by atoms with E-state index in [9.17, 15) is 13.2 Å². The van der Waals surface area contributed by atoms with Crippen molar-refractivity contribution in [3.63, 3.8) is 0 Å². The van der Waals surface area contributed by atoms with Gasteiger partial charge in [-0.2, -0.15) is 0 Å². The fourth-order valence-corrected chi connectivity index (χ4v) is 4.64. The van der Waals surface area contributed by atoms with Gasteiger partial charge in [0.15, 0.2) is 0 Å². The molecule has 2 rings (SSSR count). The van der Waals surface area contributed by atoms with Gasteiger partial charge in [0.1, 0.15) is 6.54 Å². The second-order valence-corrected chi connectivity index (χ2v) is 9.38. The first-order valence-corrected chi connectivity index (χ1v) is 11.2. The normalized spacial score (nSPS) is 12.5. The molecule has 28 heavy (non-hydrogen) atoms. The van der Waals surface area contributed by atoms with Crippen molar-refractivity contribution < 1.29 is 13.2 Å². The lowest BCUT2D eigenvalue weighted by atomic mass is 10.2. The summed E-state index contributed by atoms with van der Waals surface area (Å²) in [6.45, 7) is 5.37. The molecule has 0 saturated carbocycles. The van der Waals surface area contributed by atoms with Gasteiger partial charge in [-0.3, -0.25) is 9.10 Å². The van der Waals surface area contributed by atoms with Crippen molar-refractivity contribution in [1.29, 1.82) is 0 Å². The molecule has 0 radical (unpaired) electrons. The Morgan fingerprint density at radius 3 is 2.39 bits per heavy atom. The number of hydrogen-bond acceptors (Lipinski definition) is 3. The number of benzene rings is 2. The van der Waals surface area contributed by atoms with Gasteiger partial charge in [-0.25, -0.2) is 8.42 Å². The van der Waals surface area contributed by atoms with Crippen molar-refractivity contribution in [2.45, 2.75) is 44.6 Å². The van der Waals surface area contributed by atoms with E-state index in [1.165, 1.54) is 24.3 Å². The van der Waals surface area contributed by atoms with E-state index in [2.05, 4.69) is 5.32 Å². The molecule has 0 fully saturated rings. The minimum atomic E-state index is -4.02. The molecule has 152 valence electrons. The summed E-state index contributed by atoms with van der Waals surface area (Å²) in [7, 11) is -4.02. The van der Waals surface area contributed by atoms with Crippen LogP contribution >= 0.6 is 23.2 Å². The predicted octanol–water partition coefficient (Wildman–Crippen LogP) is 4.80. The van der Waals surface area contributed by atoms with Gasteiger partial charge in [-0.1, -0.05) is 54.2 Å². The van der Waals surface area contributed by atoms with Crippen LogP contribution in [-0.2, 0) is 14.8 Å². The summed E-state index contributed by atoms with van der Waals surface area (Å²) in [6, 6.07) is 10.9. The molecule has 8 heteroatoms. The highest BCUT2D eigenvalue weighted by molar-refractivity contribution is 7.92. The summed E-state index contributed by atoms with van der Waals surface area (Å²) < 4.78 is 27.6. The second kappa shape index (κ2) is 9.63. The van der Waals surface area contributed by atoms with Gasteiger partial charge in [0, 0.05) is 11.1 Å². The lowest BCUT2D eigenvalue weighted by molar-refractivity contribution is -0.120. The van der Waals surface area contributed by atoms with Gasteiger partial charge >= 0.3 is 0 Å². The standard InChI is InChI=1S/C20H24Cl2N2O3S/c1-4-5-15(3)23-20(25)13-24(19-12-16(21)8-11-18(19)22)28(26,27)17-9-6-14(2)7-10-17/h6-12,15H,4-5,13H2,1-3H3,(H,23,25)/t15-/m0/s1. The van der Waals surface area contributed by atoms with Crippen LogP contribution < -0.4 is 9.62 Å². The van der Waals surface area contributed by atoms with Crippen molar-refractivity contribution in [2.75, 3.05) is 10.8 Å². The number of anilines is 1. The molecule has 0 aliphatic heterocycles. The van der Waals surface area contributed by atoms with Crippen molar-refractivity contribution in [1.82, 2.24) is 5.32 Å². The van der Waals surface area contributed by atoms with E-state index in [4.69, 9.17) is 23.2 Å². The van der Waals surface area contributed by atoms with E-state index in [0.717, 1.165) is 22.7 Å². The van der Waals surface area contributed by atoms with Gasteiger partial charge in [-0.15, -0.1) is 0 Å². The molecule has 0 unspecified atom stereocenters. The van der Waals surface area contributed by atoms with E-state index in [-0.39, 0.29) is 21.6 Å². The van der Waals surface area contributed by atoms with Crippen molar-refractivity contribution >= 4 is 44.8 Å². The van der Waals surface area contributed by atoms with Gasteiger partial charge < -0.3 is 5.32 Å². The predicted molar refractivity (Wildman–Crippen MR) is 115 cm³/mol. The SMILES string of the molecule is CCC[C@H](C)NC(=O)CN(c1cc(Cl)ccc1Cl)S(=O)(=O)c1ccc(C)cc1. The number of nitrogens with zero attached hydrogens (tertiary/aromatic N) is 1. The quantitative estimate of drug-likeness (QED) is 0.637. The number of carbonyl (C=O) groups is 1. The van der Waals surface area contributed by atoms with Gasteiger partial charge in [0.05, 0.1) is 15.6 Å². The molecule has 2 aromatic rings. The lowest BCUT2D eigenvalue weighted by Crippen LogP contribution is -2.43. The van der Waals surface area contributed by atoms with Crippen LogP contribution in [0.25, 0.3) is 0 Å². The van der Waals surface area contributed by atoms with E-state index in [1.807, 2.05) is 20.8 Å². The fraction of sp³-hybridized carbons (Fsp3) is 0.350. The Kier molecular flexibility index (Phi) is 7.75. The van der Waals surface area contributed by atoms with E-state index >= 15 is 0 Å². The molecule has 1 atom stereocenters. The largest absolute Gasteiger partial charge is 0.352 e. The third-order valence-electron chi connectivity index (χ3n) is 4.20. The number of halogens is 2. The maximum absolute atomic E-state index is 13.3. The third-order valence-corrected chi connectivity index (χ3v) is 6.53. The minimum Gasteiger partial charge on any atom is -0.352 e. The molecule has 1 N–H and O–H groups in total. The highest BCUT2D eigenvalue weighted by atomic mass is 35.5. The Labute approximate surface area is 176 Å². The Balaban J connectivity index is 2.45. The Morgan fingerprint density at radius 2 is 1.79 bits per heavy atom. The van der Waals surface area contributed by atoms with Crippen LogP contribution in [-0.4, -0.2) is 26.9 Å². The molecule has 2 aromatic carbocycles. The first-order valence-electron chi connectivity index (χ1n) is 8.99. The molecule has 0 aliphatic rings. The van der Waals surface area contributed by atoms with Crippen LogP contribution in [0.2, 0.25) is 10.0 Å². The van der Waals surface area contributed by atoms with Crippen LogP contribution in [0.15, 0.2) is 47.4 Å². The summed E-state index contributed by atoms with van der Waals surface area (Å²) in [6.07, 6.45) is 1.71. The first-order chi connectivity index (χ1) is 13.1. The molecule has 1 amide bonds. The van der Waals surface area contributed by atoms with Crippen molar-refractivity contribution in [3.05, 3.63) is 58.1 Å². The molecule has 0 spiro atoms. The van der Waals surface area contributed by atoms with E-state index in [1.54, 1.807) is 18.2 Å². The molecule has 5 nitrogen and oxygen atoms in total. The first kappa shape index (κ1) is 22.5. The molecule has 0 saturated heterocycles. The molecule has 0 heterocycles. The number of nitrogens with one attached hydrogen (secondary N) is 1. The Morgan fingerprint density at radius 1 is 1.14 bits per heavy atom. The highest BCUT2D eigenvalue weighted by Crippen LogP contribution is 2.33. The number of sulfonamides is 1.